The van der Waals surface area contributed by atoms with Gasteiger partial charge in [0, 0.05) is 42.0 Å². The summed E-state index contributed by atoms with van der Waals surface area (Å²) in [6.07, 6.45) is 2.70. The largest absolute Gasteiger partial charge is 0.445 e. The van der Waals surface area contributed by atoms with E-state index in [4.69, 9.17) is 27.9 Å². The molecule has 1 fully saturated rings. The zero-order chi connectivity index (χ0) is 20.6. The highest BCUT2D eigenvalue weighted by Gasteiger charge is 2.24. The Balaban J connectivity index is 1.33. The number of carbonyl (C=O) groups is 2. The average Bonchev–Trinajstić information content (AvgIpc) is 3.19. The Hall–Kier alpha value is -2.39. The van der Waals surface area contributed by atoms with Gasteiger partial charge >= 0.3 is 6.09 Å². The van der Waals surface area contributed by atoms with E-state index in [-0.39, 0.29) is 24.6 Å². The van der Waals surface area contributed by atoms with Gasteiger partial charge < -0.3 is 15.0 Å². The van der Waals surface area contributed by atoms with Crippen molar-refractivity contribution in [2.75, 3.05) is 13.1 Å². The van der Waals surface area contributed by atoms with Crippen LogP contribution in [-0.2, 0) is 22.6 Å². The lowest BCUT2D eigenvalue weighted by atomic mass is 10.0. The molecule has 0 bridgehead atoms. The molecule has 0 unspecified atom stereocenters. The number of nitrogens with zero attached hydrogens (tertiary/aromatic N) is 4. The maximum atomic E-state index is 12.3. The van der Waals surface area contributed by atoms with Crippen molar-refractivity contribution < 1.29 is 14.3 Å². The lowest BCUT2D eigenvalue weighted by Crippen LogP contribution is -2.46. The Morgan fingerprint density at radius 1 is 1.21 bits per heavy atom. The Morgan fingerprint density at radius 3 is 2.59 bits per heavy atom. The van der Waals surface area contributed by atoms with E-state index in [0.717, 1.165) is 5.56 Å². The lowest BCUT2D eigenvalue weighted by molar-refractivity contribution is -0.122. The van der Waals surface area contributed by atoms with Gasteiger partial charge in [-0.25, -0.2) is 9.89 Å². The quantitative estimate of drug-likeness (QED) is 0.683. The highest BCUT2D eigenvalue weighted by Crippen LogP contribution is 2.20. The van der Waals surface area contributed by atoms with E-state index < -0.39 is 0 Å². The molecule has 9 nitrogen and oxygen atoms in total. The van der Waals surface area contributed by atoms with Crippen molar-refractivity contribution >= 4 is 35.2 Å². The summed E-state index contributed by atoms with van der Waals surface area (Å²) in [4.78, 5) is 26.0. The summed E-state index contributed by atoms with van der Waals surface area (Å²) in [5.74, 6) is 0.668. The number of H-pyrrole nitrogens is 1. The number of hydrogen-bond acceptors (Lipinski definition) is 6. The van der Waals surface area contributed by atoms with Gasteiger partial charge in [0.25, 0.3) is 0 Å². The van der Waals surface area contributed by atoms with Gasteiger partial charge in [0.15, 0.2) is 0 Å². The van der Waals surface area contributed by atoms with Crippen molar-refractivity contribution in [2.45, 2.75) is 44.8 Å². The van der Waals surface area contributed by atoms with Gasteiger partial charge in [-0.3, -0.25) is 4.79 Å². The Morgan fingerprint density at radius 2 is 1.93 bits per heavy atom. The number of halogens is 2. The molecule has 0 radical (unpaired) electrons. The molecule has 0 saturated carbocycles. The van der Waals surface area contributed by atoms with Crippen LogP contribution in [0.5, 0.6) is 0 Å². The van der Waals surface area contributed by atoms with Gasteiger partial charge in [-0.1, -0.05) is 23.2 Å². The molecule has 1 aromatic heterocycles. The maximum Gasteiger partial charge on any atom is 0.410 e. The normalized spacial score (nSPS) is 14.6. The molecule has 1 aromatic carbocycles. The van der Waals surface area contributed by atoms with E-state index in [0.29, 0.717) is 61.1 Å². The number of benzene rings is 1. The highest BCUT2D eigenvalue weighted by molar-refractivity contribution is 6.34. The number of aromatic nitrogens is 4. The van der Waals surface area contributed by atoms with Crippen molar-refractivity contribution in [3.8, 4) is 0 Å². The SMILES string of the molecule is O=C(CCCc1nnn[nH]1)NC1CCN(C(=O)OCc2cc(Cl)cc(Cl)c2)CC1. The van der Waals surface area contributed by atoms with Crippen molar-refractivity contribution in [1.29, 1.82) is 0 Å². The molecule has 2 N–H and O–H groups in total. The second-order valence-electron chi connectivity index (χ2n) is 6.86. The molecule has 11 heteroatoms. The highest BCUT2D eigenvalue weighted by atomic mass is 35.5. The van der Waals surface area contributed by atoms with Crippen molar-refractivity contribution in [3.05, 3.63) is 39.6 Å². The predicted molar refractivity (Wildman–Crippen MR) is 107 cm³/mol. The predicted octanol–water partition coefficient (Wildman–Crippen LogP) is 2.75. The van der Waals surface area contributed by atoms with Crippen LogP contribution in [-0.4, -0.2) is 56.7 Å². The fourth-order valence-corrected chi connectivity index (χ4v) is 3.71. The third-order valence-corrected chi connectivity index (χ3v) is 5.05. The van der Waals surface area contributed by atoms with E-state index in [9.17, 15) is 9.59 Å². The molecule has 1 aliphatic rings. The average molecular weight is 441 g/mol. The van der Waals surface area contributed by atoms with Crippen LogP contribution >= 0.6 is 23.2 Å². The number of carbonyl (C=O) groups excluding carboxylic acids is 2. The number of hydrogen-bond donors (Lipinski definition) is 2. The molecule has 0 aliphatic carbocycles. The fourth-order valence-electron chi connectivity index (χ4n) is 3.14. The number of piperidine rings is 1. The first kappa shape index (κ1) is 21.3. The standard InChI is InChI=1S/C18H22Cl2N6O3/c19-13-8-12(9-14(20)10-13)11-29-18(28)26-6-4-15(5-7-26)21-17(27)3-1-2-16-22-24-25-23-16/h8-10,15H,1-7,11H2,(H,21,27)(H,22,23,24,25). The molecule has 2 heterocycles. The van der Waals surface area contributed by atoms with Crippen LogP contribution in [0, 0.1) is 0 Å². The molecular weight excluding hydrogens is 419 g/mol. The first-order valence-corrected chi connectivity index (χ1v) is 10.1. The second kappa shape index (κ2) is 10.4. The summed E-state index contributed by atoms with van der Waals surface area (Å²) >= 11 is 11.9. The number of rotatable bonds is 7. The van der Waals surface area contributed by atoms with Crippen molar-refractivity contribution in [3.63, 3.8) is 0 Å². The third kappa shape index (κ3) is 6.86. The molecular formula is C18H22Cl2N6O3. The van der Waals surface area contributed by atoms with Gasteiger partial charge in [0.05, 0.1) is 0 Å². The maximum absolute atomic E-state index is 12.3. The summed E-state index contributed by atoms with van der Waals surface area (Å²) in [5, 5.41) is 17.5. The zero-order valence-corrected chi connectivity index (χ0v) is 17.2. The minimum Gasteiger partial charge on any atom is -0.445 e. The van der Waals surface area contributed by atoms with Gasteiger partial charge in [0.2, 0.25) is 5.91 Å². The van der Waals surface area contributed by atoms with Crippen molar-refractivity contribution in [2.24, 2.45) is 0 Å². The summed E-state index contributed by atoms with van der Waals surface area (Å²) < 4.78 is 5.35. The smallest absolute Gasteiger partial charge is 0.410 e. The van der Waals surface area contributed by atoms with Crippen LogP contribution in [0.2, 0.25) is 10.0 Å². The number of likely N-dealkylation sites (tertiary alicyclic amines) is 1. The summed E-state index contributed by atoms with van der Waals surface area (Å²) in [5.41, 5.74) is 0.735. The summed E-state index contributed by atoms with van der Waals surface area (Å²) in [6, 6.07) is 5.10. The van der Waals surface area contributed by atoms with E-state index >= 15 is 0 Å². The number of aryl methyl sites for hydroxylation is 1. The number of ether oxygens (including phenoxy) is 1. The minimum atomic E-state index is -0.383. The molecule has 0 atom stereocenters. The molecule has 2 amide bonds. The number of amides is 2. The molecule has 2 aromatic rings. The number of tetrazole rings is 1. The topological polar surface area (TPSA) is 113 Å². The molecule has 1 saturated heterocycles. The Kier molecular flexibility index (Phi) is 7.65. The Labute approximate surface area is 178 Å². The summed E-state index contributed by atoms with van der Waals surface area (Å²) in [7, 11) is 0. The second-order valence-corrected chi connectivity index (χ2v) is 7.74. The first-order valence-electron chi connectivity index (χ1n) is 9.38. The van der Waals surface area contributed by atoms with Gasteiger partial charge in [0.1, 0.15) is 12.4 Å². The van der Waals surface area contributed by atoms with Gasteiger partial charge in [-0.2, -0.15) is 0 Å². The Bertz CT molecular complexity index is 805. The van der Waals surface area contributed by atoms with Crippen LogP contribution in [0.15, 0.2) is 18.2 Å². The monoisotopic (exact) mass is 440 g/mol. The zero-order valence-electron chi connectivity index (χ0n) is 15.7. The molecule has 156 valence electrons. The lowest BCUT2D eigenvalue weighted by Gasteiger charge is -2.31. The molecule has 0 spiro atoms. The van der Waals surface area contributed by atoms with E-state index in [2.05, 4.69) is 25.9 Å². The molecule has 29 heavy (non-hydrogen) atoms. The van der Waals surface area contributed by atoms with Crippen LogP contribution < -0.4 is 5.32 Å². The van der Waals surface area contributed by atoms with Crippen LogP contribution in [0.3, 0.4) is 0 Å². The van der Waals surface area contributed by atoms with E-state index in [1.165, 1.54) is 0 Å². The summed E-state index contributed by atoms with van der Waals surface area (Å²) in [6.45, 7) is 1.17. The first-order chi connectivity index (χ1) is 14.0. The number of nitrogens with one attached hydrogen (secondary N) is 2. The van der Waals surface area contributed by atoms with Crippen LogP contribution in [0.25, 0.3) is 0 Å². The molecule has 3 rings (SSSR count). The van der Waals surface area contributed by atoms with E-state index in [1.807, 2.05) is 0 Å². The minimum absolute atomic E-state index is 0.00339. The van der Waals surface area contributed by atoms with Gasteiger partial charge in [-0.15, -0.1) is 5.10 Å². The van der Waals surface area contributed by atoms with Crippen molar-refractivity contribution in [1.82, 2.24) is 30.8 Å². The third-order valence-electron chi connectivity index (χ3n) is 4.61. The van der Waals surface area contributed by atoms with Crippen LogP contribution in [0.1, 0.15) is 37.1 Å². The number of aromatic amines is 1. The van der Waals surface area contributed by atoms with Crippen LogP contribution in [0.4, 0.5) is 4.79 Å². The molecule has 1 aliphatic heterocycles. The fraction of sp³-hybridized carbons (Fsp3) is 0.500. The van der Waals surface area contributed by atoms with Gasteiger partial charge in [-0.05, 0) is 53.5 Å². The van der Waals surface area contributed by atoms with E-state index in [1.54, 1.807) is 23.1 Å².